The third-order valence-electron chi connectivity index (χ3n) is 1.84. The van der Waals surface area contributed by atoms with Crippen LogP contribution >= 0.6 is 15.9 Å². The van der Waals surface area contributed by atoms with E-state index in [-0.39, 0.29) is 11.9 Å². The van der Waals surface area contributed by atoms with Gasteiger partial charge >= 0.3 is 0 Å². The Morgan fingerprint density at radius 1 is 1.62 bits per heavy atom. The maximum atomic E-state index is 13.3. The SMILES string of the molecule is C=CC(NC)c1cc(Br)ccc1F. The summed E-state index contributed by atoms with van der Waals surface area (Å²) < 4.78 is 14.2. The van der Waals surface area contributed by atoms with Crippen LogP contribution in [0.25, 0.3) is 0 Å². The fourth-order valence-electron chi connectivity index (χ4n) is 1.15. The van der Waals surface area contributed by atoms with Gasteiger partial charge in [0.2, 0.25) is 0 Å². The predicted octanol–water partition coefficient (Wildman–Crippen LogP) is 3.03. The molecule has 0 fully saturated rings. The predicted molar refractivity (Wildman–Crippen MR) is 56.1 cm³/mol. The molecule has 0 amide bonds. The van der Waals surface area contributed by atoms with Gasteiger partial charge in [-0.25, -0.2) is 4.39 Å². The van der Waals surface area contributed by atoms with Gasteiger partial charge in [0.15, 0.2) is 0 Å². The molecular formula is C10H11BrFN. The van der Waals surface area contributed by atoms with Crippen molar-refractivity contribution in [3.63, 3.8) is 0 Å². The second-order valence-electron chi connectivity index (χ2n) is 2.67. The van der Waals surface area contributed by atoms with E-state index < -0.39 is 0 Å². The number of hydrogen-bond donors (Lipinski definition) is 1. The highest BCUT2D eigenvalue weighted by atomic mass is 79.9. The Bertz CT molecular complexity index is 312. The first-order valence-corrected chi connectivity index (χ1v) is 4.73. The molecule has 0 spiro atoms. The highest BCUT2D eigenvalue weighted by Gasteiger charge is 2.10. The van der Waals surface area contributed by atoms with Crippen LogP contribution in [-0.2, 0) is 0 Å². The van der Waals surface area contributed by atoms with Crippen molar-refractivity contribution in [2.45, 2.75) is 6.04 Å². The van der Waals surface area contributed by atoms with E-state index in [1.807, 2.05) is 0 Å². The zero-order valence-electron chi connectivity index (χ0n) is 7.35. The van der Waals surface area contributed by atoms with Gasteiger partial charge in [-0.3, -0.25) is 0 Å². The van der Waals surface area contributed by atoms with Crippen molar-refractivity contribution < 1.29 is 4.39 Å². The van der Waals surface area contributed by atoms with Crippen molar-refractivity contribution in [1.29, 1.82) is 0 Å². The molecule has 0 radical (unpaired) electrons. The molecule has 0 aliphatic rings. The van der Waals surface area contributed by atoms with E-state index >= 15 is 0 Å². The van der Waals surface area contributed by atoms with Crippen LogP contribution in [0.4, 0.5) is 4.39 Å². The smallest absolute Gasteiger partial charge is 0.128 e. The van der Waals surface area contributed by atoms with E-state index in [2.05, 4.69) is 27.8 Å². The number of nitrogens with one attached hydrogen (secondary N) is 1. The molecule has 0 heterocycles. The lowest BCUT2D eigenvalue weighted by Crippen LogP contribution is -2.14. The van der Waals surface area contributed by atoms with E-state index in [0.717, 1.165) is 4.47 Å². The van der Waals surface area contributed by atoms with Crippen LogP contribution in [0.3, 0.4) is 0 Å². The summed E-state index contributed by atoms with van der Waals surface area (Å²) in [7, 11) is 1.77. The molecule has 0 aliphatic carbocycles. The third-order valence-corrected chi connectivity index (χ3v) is 2.33. The molecule has 1 aromatic rings. The molecule has 1 N–H and O–H groups in total. The molecular weight excluding hydrogens is 233 g/mol. The summed E-state index contributed by atoms with van der Waals surface area (Å²) in [6.07, 6.45) is 1.67. The van der Waals surface area contributed by atoms with Crippen molar-refractivity contribution in [3.8, 4) is 0 Å². The second kappa shape index (κ2) is 4.53. The number of benzene rings is 1. The first-order valence-electron chi connectivity index (χ1n) is 3.93. The van der Waals surface area contributed by atoms with Gasteiger partial charge in [0.25, 0.3) is 0 Å². The van der Waals surface area contributed by atoms with Crippen molar-refractivity contribution in [2.75, 3.05) is 7.05 Å². The third kappa shape index (κ3) is 2.39. The lowest BCUT2D eigenvalue weighted by atomic mass is 10.1. The van der Waals surface area contributed by atoms with E-state index in [9.17, 15) is 4.39 Å². The molecule has 0 aliphatic heterocycles. The zero-order valence-corrected chi connectivity index (χ0v) is 8.94. The van der Waals surface area contributed by atoms with Crippen LogP contribution in [0.15, 0.2) is 35.3 Å². The van der Waals surface area contributed by atoms with Crippen LogP contribution < -0.4 is 5.32 Å². The lowest BCUT2D eigenvalue weighted by Gasteiger charge is -2.12. The van der Waals surface area contributed by atoms with Gasteiger partial charge < -0.3 is 5.32 Å². The van der Waals surface area contributed by atoms with Gasteiger partial charge in [-0.2, -0.15) is 0 Å². The molecule has 13 heavy (non-hydrogen) atoms. The molecule has 1 nitrogen and oxygen atoms in total. The maximum absolute atomic E-state index is 13.3. The normalized spacial score (nSPS) is 12.5. The minimum atomic E-state index is -0.220. The largest absolute Gasteiger partial charge is 0.310 e. The first kappa shape index (κ1) is 10.4. The minimum Gasteiger partial charge on any atom is -0.310 e. The van der Waals surface area contributed by atoms with Crippen LogP contribution in [0, 0.1) is 5.82 Å². The zero-order chi connectivity index (χ0) is 9.84. The Balaban J connectivity index is 3.10. The molecule has 0 saturated carbocycles. The molecule has 1 atom stereocenters. The van der Waals surface area contributed by atoms with Gasteiger partial charge in [0.05, 0.1) is 6.04 Å². The minimum absolute atomic E-state index is 0.141. The van der Waals surface area contributed by atoms with Gasteiger partial charge in [0.1, 0.15) is 5.82 Å². The van der Waals surface area contributed by atoms with E-state index in [0.29, 0.717) is 5.56 Å². The Morgan fingerprint density at radius 2 is 2.31 bits per heavy atom. The van der Waals surface area contributed by atoms with Gasteiger partial charge in [-0.05, 0) is 25.2 Å². The lowest BCUT2D eigenvalue weighted by molar-refractivity contribution is 0.582. The van der Waals surface area contributed by atoms with Gasteiger partial charge in [0, 0.05) is 10.0 Å². The van der Waals surface area contributed by atoms with Gasteiger partial charge in [-0.1, -0.05) is 22.0 Å². The Hall–Kier alpha value is -0.670. The quantitative estimate of drug-likeness (QED) is 0.806. The van der Waals surface area contributed by atoms with Crippen molar-refractivity contribution in [1.82, 2.24) is 5.32 Å². The van der Waals surface area contributed by atoms with Crippen molar-refractivity contribution in [2.24, 2.45) is 0 Å². The average molecular weight is 244 g/mol. The molecule has 0 aromatic heterocycles. The van der Waals surface area contributed by atoms with Crippen molar-refractivity contribution in [3.05, 3.63) is 46.7 Å². The highest BCUT2D eigenvalue weighted by Crippen LogP contribution is 2.21. The van der Waals surface area contributed by atoms with Crippen molar-refractivity contribution >= 4 is 15.9 Å². The summed E-state index contributed by atoms with van der Waals surface area (Å²) in [6, 6.07) is 4.72. The Kier molecular flexibility index (Phi) is 3.63. The summed E-state index contributed by atoms with van der Waals surface area (Å²) in [6.45, 7) is 3.63. The molecule has 0 saturated heterocycles. The molecule has 70 valence electrons. The van der Waals surface area contributed by atoms with E-state index in [1.54, 1.807) is 25.3 Å². The van der Waals surface area contributed by atoms with Crippen LogP contribution in [0.5, 0.6) is 0 Å². The monoisotopic (exact) mass is 243 g/mol. The number of hydrogen-bond acceptors (Lipinski definition) is 1. The number of likely N-dealkylation sites (N-methyl/N-ethyl adjacent to an activating group) is 1. The molecule has 1 unspecified atom stereocenters. The first-order chi connectivity index (χ1) is 6.19. The van der Waals surface area contributed by atoms with Crippen LogP contribution in [0.2, 0.25) is 0 Å². The van der Waals surface area contributed by atoms with Crippen LogP contribution in [0.1, 0.15) is 11.6 Å². The summed E-state index contributed by atoms with van der Waals surface area (Å²) >= 11 is 3.29. The average Bonchev–Trinajstić information content (AvgIpc) is 2.13. The van der Waals surface area contributed by atoms with Crippen LogP contribution in [-0.4, -0.2) is 7.05 Å². The summed E-state index contributed by atoms with van der Waals surface area (Å²) in [5.41, 5.74) is 0.604. The van der Waals surface area contributed by atoms with E-state index in [4.69, 9.17) is 0 Å². The summed E-state index contributed by atoms with van der Waals surface area (Å²) in [5, 5.41) is 2.96. The summed E-state index contributed by atoms with van der Waals surface area (Å²) in [5.74, 6) is -0.220. The second-order valence-corrected chi connectivity index (χ2v) is 3.58. The Labute approximate surface area is 85.8 Å². The van der Waals surface area contributed by atoms with E-state index in [1.165, 1.54) is 6.07 Å². The summed E-state index contributed by atoms with van der Waals surface area (Å²) in [4.78, 5) is 0. The topological polar surface area (TPSA) is 12.0 Å². The fraction of sp³-hybridized carbons (Fsp3) is 0.200. The number of rotatable bonds is 3. The Morgan fingerprint density at radius 3 is 2.85 bits per heavy atom. The molecule has 0 bridgehead atoms. The number of halogens is 2. The highest BCUT2D eigenvalue weighted by molar-refractivity contribution is 9.10. The standard InChI is InChI=1S/C10H11BrFN/c1-3-10(13-2)8-6-7(11)4-5-9(8)12/h3-6,10,13H,1H2,2H3. The maximum Gasteiger partial charge on any atom is 0.128 e. The molecule has 3 heteroatoms. The molecule has 1 rings (SSSR count). The molecule has 1 aromatic carbocycles. The fourth-order valence-corrected chi connectivity index (χ4v) is 1.53. The van der Waals surface area contributed by atoms with Gasteiger partial charge in [-0.15, -0.1) is 6.58 Å².